The Hall–Kier alpha value is -1.17. The quantitative estimate of drug-likeness (QED) is 0.791. The van der Waals surface area contributed by atoms with E-state index in [1.807, 2.05) is 6.20 Å². The lowest BCUT2D eigenvalue weighted by molar-refractivity contribution is -0.188. The summed E-state index contributed by atoms with van der Waals surface area (Å²) in [6.07, 6.45) is 8.41. The molecule has 4 heterocycles. The number of fused-ring (bicyclic) bond motifs is 1. The molecular weight excluding hydrogens is 314 g/mol. The Morgan fingerprint density at radius 2 is 2.04 bits per heavy atom. The first-order valence-corrected chi connectivity index (χ1v) is 9.96. The van der Waals surface area contributed by atoms with Crippen LogP contribution in [0.2, 0.25) is 0 Å². The van der Waals surface area contributed by atoms with E-state index in [4.69, 9.17) is 9.47 Å². The summed E-state index contributed by atoms with van der Waals surface area (Å²) in [7, 11) is 0. The van der Waals surface area contributed by atoms with Crippen LogP contribution in [0.1, 0.15) is 36.9 Å². The van der Waals surface area contributed by atoms with Gasteiger partial charge in [-0.05, 0) is 44.8 Å². The van der Waals surface area contributed by atoms with Crippen LogP contribution >= 0.6 is 0 Å². The molecule has 1 spiro atoms. The zero-order valence-electron chi connectivity index (χ0n) is 15.1. The molecule has 5 nitrogen and oxygen atoms in total. The molecule has 0 N–H and O–H groups in total. The maximum absolute atomic E-state index is 6.22. The van der Waals surface area contributed by atoms with Gasteiger partial charge < -0.3 is 14.4 Å². The van der Waals surface area contributed by atoms with E-state index in [9.17, 15) is 0 Å². The lowest BCUT2D eigenvalue weighted by Gasteiger charge is -2.55. The molecule has 1 aromatic rings. The van der Waals surface area contributed by atoms with Crippen LogP contribution < -0.4 is 4.74 Å². The Morgan fingerprint density at radius 1 is 1.20 bits per heavy atom. The van der Waals surface area contributed by atoms with Crippen molar-refractivity contribution in [2.24, 2.45) is 5.41 Å². The van der Waals surface area contributed by atoms with Gasteiger partial charge in [0.2, 0.25) is 0 Å². The van der Waals surface area contributed by atoms with E-state index in [1.165, 1.54) is 63.1 Å². The SMILES string of the molecule is c1cc(OC2CCC2)c2c(n1)CCN(CCCN1CC3(COC3)C1)C2. The van der Waals surface area contributed by atoms with Crippen LogP contribution in [0.25, 0.3) is 0 Å². The van der Waals surface area contributed by atoms with Crippen molar-refractivity contribution in [3.05, 3.63) is 23.5 Å². The lowest BCUT2D eigenvalue weighted by Crippen LogP contribution is -2.65. The first-order chi connectivity index (χ1) is 12.3. The minimum absolute atomic E-state index is 0.441. The molecule has 2 saturated heterocycles. The van der Waals surface area contributed by atoms with Crippen molar-refractivity contribution in [1.82, 2.24) is 14.8 Å². The van der Waals surface area contributed by atoms with Crippen LogP contribution in [-0.4, -0.2) is 66.8 Å². The smallest absolute Gasteiger partial charge is 0.127 e. The number of nitrogens with zero attached hydrogens (tertiary/aromatic N) is 3. The van der Waals surface area contributed by atoms with Crippen molar-refractivity contribution in [3.63, 3.8) is 0 Å². The fourth-order valence-corrected chi connectivity index (χ4v) is 4.59. The Balaban J connectivity index is 1.12. The molecule has 136 valence electrons. The van der Waals surface area contributed by atoms with Gasteiger partial charge in [0.25, 0.3) is 0 Å². The molecule has 0 bridgehead atoms. The van der Waals surface area contributed by atoms with Crippen LogP contribution in [-0.2, 0) is 17.7 Å². The van der Waals surface area contributed by atoms with Crippen molar-refractivity contribution in [2.45, 2.75) is 44.8 Å². The third-order valence-corrected chi connectivity index (χ3v) is 6.38. The van der Waals surface area contributed by atoms with Crippen LogP contribution in [0, 0.1) is 5.41 Å². The fourth-order valence-electron chi connectivity index (χ4n) is 4.59. The van der Waals surface area contributed by atoms with E-state index in [0.717, 1.165) is 38.5 Å². The van der Waals surface area contributed by atoms with E-state index >= 15 is 0 Å². The van der Waals surface area contributed by atoms with E-state index in [0.29, 0.717) is 11.5 Å². The highest BCUT2D eigenvalue weighted by Crippen LogP contribution is 2.37. The van der Waals surface area contributed by atoms with Gasteiger partial charge in [0.1, 0.15) is 5.75 Å². The maximum atomic E-state index is 6.22. The molecule has 25 heavy (non-hydrogen) atoms. The van der Waals surface area contributed by atoms with Crippen LogP contribution in [0.15, 0.2) is 12.3 Å². The number of hydrogen-bond donors (Lipinski definition) is 0. The standard InChI is InChI=1S/C20H29N3O2/c1-3-16(4-1)25-19-5-7-21-18-6-10-22(11-17(18)19)8-2-9-23-12-20(13-23)14-24-15-20/h5,7,16H,1-4,6,8-15H2. The summed E-state index contributed by atoms with van der Waals surface area (Å²) in [5.41, 5.74) is 3.14. The summed E-state index contributed by atoms with van der Waals surface area (Å²) < 4.78 is 11.6. The highest BCUT2D eigenvalue weighted by Gasteiger charge is 2.48. The highest BCUT2D eigenvalue weighted by molar-refractivity contribution is 5.37. The number of likely N-dealkylation sites (tertiary alicyclic amines) is 1. The van der Waals surface area contributed by atoms with Gasteiger partial charge in [-0.15, -0.1) is 0 Å². The van der Waals surface area contributed by atoms with E-state index in [-0.39, 0.29) is 0 Å². The topological polar surface area (TPSA) is 37.8 Å². The largest absolute Gasteiger partial charge is 0.490 e. The van der Waals surface area contributed by atoms with Crippen molar-refractivity contribution in [2.75, 3.05) is 45.9 Å². The molecule has 3 aliphatic heterocycles. The number of rotatable bonds is 6. The van der Waals surface area contributed by atoms with E-state index in [2.05, 4.69) is 20.9 Å². The number of hydrogen-bond acceptors (Lipinski definition) is 5. The second-order valence-corrected chi connectivity index (χ2v) is 8.49. The van der Waals surface area contributed by atoms with E-state index < -0.39 is 0 Å². The van der Waals surface area contributed by atoms with Gasteiger partial charge in [0, 0.05) is 55.5 Å². The van der Waals surface area contributed by atoms with Gasteiger partial charge in [-0.2, -0.15) is 0 Å². The van der Waals surface area contributed by atoms with Gasteiger partial charge in [-0.1, -0.05) is 0 Å². The zero-order chi connectivity index (χ0) is 16.7. The highest BCUT2D eigenvalue weighted by atomic mass is 16.5. The monoisotopic (exact) mass is 343 g/mol. The second-order valence-electron chi connectivity index (χ2n) is 8.49. The average Bonchev–Trinajstić information content (AvgIpc) is 2.51. The van der Waals surface area contributed by atoms with Crippen molar-refractivity contribution >= 4 is 0 Å². The lowest BCUT2D eigenvalue weighted by atomic mass is 9.78. The second kappa shape index (κ2) is 6.53. The molecule has 0 unspecified atom stereocenters. The summed E-state index contributed by atoms with van der Waals surface area (Å²) >= 11 is 0. The minimum atomic E-state index is 0.441. The summed E-state index contributed by atoms with van der Waals surface area (Å²) in [6.45, 7) is 9.01. The Bertz CT molecular complexity index is 619. The summed E-state index contributed by atoms with van der Waals surface area (Å²) in [6, 6.07) is 2.07. The molecular formula is C20H29N3O2. The minimum Gasteiger partial charge on any atom is -0.490 e. The normalized spacial score (nSPS) is 25.8. The molecule has 1 aliphatic carbocycles. The molecule has 5 rings (SSSR count). The molecule has 0 amide bonds. The van der Waals surface area contributed by atoms with Crippen molar-refractivity contribution < 1.29 is 9.47 Å². The number of pyridine rings is 1. The predicted molar refractivity (Wildman–Crippen MR) is 95.8 cm³/mol. The summed E-state index contributed by atoms with van der Waals surface area (Å²) in [5, 5.41) is 0. The fraction of sp³-hybridized carbons (Fsp3) is 0.750. The summed E-state index contributed by atoms with van der Waals surface area (Å²) in [5.74, 6) is 1.09. The molecule has 1 saturated carbocycles. The van der Waals surface area contributed by atoms with Gasteiger partial charge >= 0.3 is 0 Å². The Morgan fingerprint density at radius 3 is 2.76 bits per heavy atom. The van der Waals surface area contributed by atoms with Crippen LogP contribution in [0.3, 0.4) is 0 Å². The van der Waals surface area contributed by atoms with Gasteiger partial charge in [0.15, 0.2) is 0 Å². The molecule has 0 radical (unpaired) electrons. The maximum Gasteiger partial charge on any atom is 0.127 e. The van der Waals surface area contributed by atoms with Gasteiger partial charge in [-0.25, -0.2) is 0 Å². The molecule has 0 atom stereocenters. The predicted octanol–water partition coefficient (Wildman–Crippen LogP) is 2.09. The summed E-state index contributed by atoms with van der Waals surface area (Å²) in [4.78, 5) is 9.77. The Labute approximate surface area is 150 Å². The van der Waals surface area contributed by atoms with Crippen LogP contribution in [0.4, 0.5) is 0 Å². The number of aromatic nitrogens is 1. The average molecular weight is 343 g/mol. The molecule has 3 fully saturated rings. The van der Waals surface area contributed by atoms with Crippen LogP contribution in [0.5, 0.6) is 5.75 Å². The molecule has 1 aromatic heterocycles. The van der Waals surface area contributed by atoms with Gasteiger partial charge in [-0.3, -0.25) is 9.88 Å². The number of ether oxygens (including phenoxy) is 2. The zero-order valence-corrected chi connectivity index (χ0v) is 15.1. The molecule has 5 heteroatoms. The van der Waals surface area contributed by atoms with Crippen molar-refractivity contribution in [3.8, 4) is 5.75 Å². The third-order valence-electron chi connectivity index (χ3n) is 6.38. The molecule has 0 aromatic carbocycles. The third kappa shape index (κ3) is 3.18. The van der Waals surface area contributed by atoms with Gasteiger partial charge in [0.05, 0.1) is 19.3 Å². The first-order valence-electron chi connectivity index (χ1n) is 9.96. The molecule has 4 aliphatic rings. The first kappa shape index (κ1) is 16.0. The van der Waals surface area contributed by atoms with E-state index in [1.54, 1.807) is 0 Å². The van der Waals surface area contributed by atoms with Crippen molar-refractivity contribution in [1.29, 1.82) is 0 Å². The Kier molecular flexibility index (Phi) is 4.19.